The van der Waals surface area contributed by atoms with Crippen molar-refractivity contribution >= 4 is 17.8 Å². The van der Waals surface area contributed by atoms with Gasteiger partial charge in [-0.1, -0.05) is 115 Å². The molecule has 0 unspecified atom stereocenters. The lowest BCUT2D eigenvalue weighted by Gasteiger charge is -2.41. The lowest BCUT2D eigenvalue weighted by atomic mass is 9.89. The molecule has 0 radical (unpaired) electrons. The monoisotopic (exact) mass is 631 g/mol. The molecule has 0 spiro atoms. The number of nitrogens with one attached hydrogen (secondary N) is 2. The summed E-state index contributed by atoms with van der Waals surface area (Å²) in [5.41, 5.74) is 7.92. The molecule has 4 atom stereocenters. The Labute approximate surface area is 276 Å². The van der Waals surface area contributed by atoms with Crippen LogP contribution in [-0.4, -0.2) is 41.3 Å². The lowest BCUT2D eigenvalue weighted by Crippen LogP contribution is -2.57. The Balaban J connectivity index is 1.20. The van der Waals surface area contributed by atoms with Gasteiger partial charge in [-0.3, -0.25) is 14.4 Å². The van der Waals surface area contributed by atoms with E-state index in [9.17, 15) is 14.4 Å². The molecule has 4 aromatic rings. The Hall–Kier alpha value is -4.79. The van der Waals surface area contributed by atoms with Gasteiger partial charge in [0.05, 0.1) is 18.6 Å². The van der Waals surface area contributed by atoms with E-state index in [1.54, 1.807) is 4.90 Å². The number of ether oxygens (including phenoxy) is 1. The molecule has 1 fully saturated rings. The van der Waals surface area contributed by atoms with Crippen molar-refractivity contribution in [3.63, 3.8) is 0 Å². The number of carbonyl (C=O) groups excluding carboxylic acids is 3. The van der Waals surface area contributed by atoms with Crippen molar-refractivity contribution in [1.29, 1.82) is 0 Å². The van der Waals surface area contributed by atoms with Gasteiger partial charge in [0.15, 0.2) is 0 Å². The minimum absolute atomic E-state index is 0.139. The molecule has 2 aliphatic rings. The Morgan fingerprint density at radius 1 is 0.766 bits per heavy atom. The molecule has 4 aromatic carbocycles. The molecule has 2 aliphatic heterocycles. The third-order valence-corrected chi connectivity index (χ3v) is 9.04. The fourth-order valence-corrected chi connectivity index (χ4v) is 6.63. The van der Waals surface area contributed by atoms with E-state index in [1.165, 1.54) is 0 Å². The SMILES string of the molecule is O=C(N[C@H]1Cc2ccccc2[C@H]2CCC[C@@H](C(=O)OCc3ccccc3)N2C1=O)[C@@H](CNOCc1ccccc1)Cc1ccccc1. The van der Waals surface area contributed by atoms with E-state index < -0.39 is 24.0 Å². The van der Waals surface area contributed by atoms with Gasteiger partial charge in [-0.2, -0.15) is 0 Å². The van der Waals surface area contributed by atoms with Crippen molar-refractivity contribution in [1.82, 2.24) is 15.7 Å². The fraction of sp³-hybridized carbons (Fsp3) is 0.308. The molecule has 6 rings (SSSR count). The van der Waals surface area contributed by atoms with Gasteiger partial charge in [0.2, 0.25) is 11.8 Å². The number of hydroxylamine groups is 1. The predicted molar refractivity (Wildman–Crippen MR) is 178 cm³/mol. The number of carbonyl (C=O) groups is 3. The van der Waals surface area contributed by atoms with Gasteiger partial charge in [-0.25, -0.2) is 10.3 Å². The summed E-state index contributed by atoms with van der Waals surface area (Å²) in [6.45, 7) is 0.752. The number of piperidine rings is 1. The fourth-order valence-electron chi connectivity index (χ4n) is 6.63. The van der Waals surface area contributed by atoms with Crippen LogP contribution in [0.25, 0.3) is 0 Å². The van der Waals surface area contributed by atoms with Crippen LogP contribution in [0.3, 0.4) is 0 Å². The first-order chi connectivity index (χ1) is 23.1. The number of fused-ring (bicyclic) bond motifs is 3. The van der Waals surface area contributed by atoms with Crippen LogP contribution in [-0.2, 0) is 50.0 Å². The molecule has 8 heteroatoms. The van der Waals surface area contributed by atoms with Gasteiger partial charge in [-0.05, 0) is 53.5 Å². The molecular weight excluding hydrogens is 590 g/mol. The first-order valence-electron chi connectivity index (χ1n) is 16.4. The highest BCUT2D eigenvalue weighted by Gasteiger charge is 2.45. The van der Waals surface area contributed by atoms with E-state index in [1.807, 2.05) is 115 Å². The van der Waals surface area contributed by atoms with Crippen LogP contribution in [0.15, 0.2) is 115 Å². The summed E-state index contributed by atoms with van der Waals surface area (Å²) < 4.78 is 5.76. The topological polar surface area (TPSA) is 97.0 Å². The summed E-state index contributed by atoms with van der Waals surface area (Å²) in [7, 11) is 0. The molecule has 0 bridgehead atoms. The van der Waals surface area contributed by atoms with Gasteiger partial charge in [0.25, 0.3) is 0 Å². The molecule has 47 heavy (non-hydrogen) atoms. The van der Waals surface area contributed by atoms with Crippen LogP contribution in [0.2, 0.25) is 0 Å². The van der Waals surface area contributed by atoms with Crippen LogP contribution in [0.4, 0.5) is 0 Å². The van der Waals surface area contributed by atoms with E-state index in [0.717, 1.165) is 40.7 Å². The van der Waals surface area contributed by atoms with Gasteiger partial charge >= 0.3 is 5.97 Å². The summed E-state index contributed by atoms with van der Waals surface area (Å²) in [4.78, 5) is 49.4. The van der Waals surface area contributed by atoms with Crippen LogP contribution in [0.1, 0.15) is 53.1 Å². The number of amides is 2. The lowest BCUT2D eigenvalue weighted by molar-refractivity contribution is -0.161. The third kappa shape index (κ3) is 8.14. The number of nitrogens with zero attached hydrogens (tertiary/aromatic N) is 1. The van der Waals surface area contributed by atoms with Crippen molar-refractivity contribution in [2.24, 2.45) is 5.92 Å². The Bertz CT molecular complexity index is 1630. The zero-order valence-corrected chi connectivity index (χ0v) is 26.4. The maximum Gasteiger partial charge on any atom is 0.329 e. The van der Waals surface area contributed by atoms with Crippen molar-refractivity contribution in [2.45, 2.75) is 63.4 Å². The number of esters is 1. The second-order valence-electron chi connectivity index (χ2n) is 12.3. The largest absolute Gasteiger partial charge is 0.459 e. The molecule has 0 aromatic heterocycles. The standard InChI is InChI=1S/C39H41N3O5/c43-37(32(23-28-13-4-1-5-14-28)25-40-47-27-30-17-8-3-9-18-30)41-34-24-31-19-10-11-20-33(31)35-21-12-22-36(42(35)38(34)44)39(45)46-26-29-15-6-2-7-16-29/h1-11,13-20,32,34-36,40H,12,21-27H2,(H,41,43)/t32-,34+,35-,36+/m1/s1. The average Bonchev–Trinajstić information content (AvgIpc) is 3.23. The normalized spacial score (nSPS) is 19.5. The Morgan fingerprint density at radius 2 is 1.38 bits per heavy atom. The predicted octanol–water partition coefficient (Wildman–Crippen LogP) is 5.47. The molecule has 8 nitrogen and oxygen atoms in total. The van der Waals surface area contributed by atoms with Crippen molar-refractivity contribution in [3.05, 3.63) is 143 Å². The molecule has 2 amide bonds. The first kappa shape index (κ1) is 32.2. The number of rotatable bonds is 12. The van der Waals surface area contributed by atoms with Gasteiger partial charge in [0.1, 0.15) is 18.7 Å². The molecule has 2 N–H and O–H groups in total. The van der Waals surface area contributed by atoms with Crippen molar-refractivity contribution in [3.8, 4) is 0 Å². The van der Waals surface area contributed by atoms with Crippen LogP contribution in [0.5, 0.6) is 0 Å². The number of hydrogen-bond acceptors (Lipinski definition) is 6. The molecule has 0 saturated carbocycles. The van der Waals surface area contributed by atoms with Crippen LogP contribution in [0, 0.1) is 5.92 Å². The highest BCUT2D eigenvalue weighted by molar-refractivity contribution is 5.92. The molecule has 242 valence electrons. The Morgan fingerprint density at radius 3 is 2.09 bits per heavy atom. The van der Waals surface area contributed by atoms with Gasteiger partial charge < -0.3 is 15.0 Å². The quantitative estimate of drug-likeness (QED) is 0.122. The molecule has 1 saturated heterocycles. The second-order valence-corrected chi connectivity index (χ2v) is 12.3. The molecule has 2 heterocycles. The summed E-state index contributed by atoms with van der Waals surface area (Å²) in [6.07, 6.45) is 2.85. The van der Waals surface area contributed by atoms with Crippen LogP contribution >= 0.6 is 0 Å². The van der Waals surface area contributed by atoms with E-state index in [4.69, 9.17) is 9.57 Å². The Kier molecular flexibility index (Phi) is 10.7. The maximum absolute atomic E-state index is 14.4. The molecule has 0 aliphatic carbocycles. The minimum Gasteiger partial charge on any atom is -0.459 e. The summed E-state index contributed by atoms with van der Waals surface area (Å²) >= 11 is 0. The highest BCUT2D eigenvalue weighted by atomic mass is 16.6. The second kappa shape index (κ2) is 15.7. The average molecular weight is 632 g/mol. The minimum atomic E-state index is -0.834. The zero-order chi connectivity index (χ0) is 32.4. The highest BCUT2D eigenvalue weighted by Crippen LogP contribution is 2.39. The van der Waals surface area contributed by atoms with Crippen molar-refractivity contribution in [2.75, 3.05) is 6.54 Å². The number of hydrogen-bond donors (Lipinski definition) is 2. The van der Waals surface area contributed by atoms with E-state index in [0.29, 0.717) is 25.9 Å². The van der Waals surface area contributed by atoms with Crippen molar-refractivity contribution < 1.29 is 24.0 Å². The van der Waals surface area contributed by atoms with Crippen LogP contribution < -0.4 is 10.8 Å². The van der Waals surface area contributed by atoms with Gasteiger partial charge in [-0.15, -0.1) is 0 Å². The molecular formula is C39H41N3O5. The van der Waals surface area contributed by atoms with E-state index in [2.05, 4.69) is 10.8 Å². The first-order valence-corrected chi connectivity index (χ1v) is 16.4. The van der Waals surface area contributed by atoms with E-state index in [-0.39, 0.29) is 31.0 Å². The summed E-state index contributed by atoms with van der Waals surface area (Å²) in [5.74, 6) is -1.44. The zero-order valence-electron chi connectivity index (χ0n) is 26.4. The summed E-state index contributed by atoms with van der Waals surface area (Å²) in [5, 5.41) is 3.10. The van der Waals surface area contributed by atoms with Gasteiger partial charge in [0, 0.05) is 13.0 Å². The number of benzene rings is 4. The third-order valence-electron chi connectivity index (χ3n) is 9.04. The van der Waals surface area contributed by atoms with E-state index >= 15 is 0 Å². The smallest absolute Gasteiger partial charge is 0.329 e. The summed E-state index contributed by atoms with van der Waals surface area (Å²) in [6, 6.07) is 35.3. The maximum atomic E-state index is 14.4.